The van der Waals surface area contributed by atoms with E-state index in [1.54, 1.807) is 41.8 Å². The Labute approximate surface area is 233 Å². The van der Waals surface area contributed by atoms with E-state index >= 15 is 0 Å². The number of aryl methyl sites for hydroxylation is 1. The fourth-order valence-electron chi connectivity index (χ4n) is 2.95. The molecule has 0 saturated carbocycles. The molecule has 2 aromatic heterocycles. The third-order valence-corrected chi connectivity index (χ3v) is 7.53. The van der Waals surface area contributed by atoms with Crippen molar-refractivity contribution < 1.29 is 9.59 Å². The minimum absolute atomic E-state index is 0.00569. The average Bonchev–Trinajstić information content (AvgIpc) is 3.44. The van der Waals surface area contributed by atoms with Crippen molar-refractivity contribution in [1.29, 1.82) is 0 Å². The number of rotatable bonds is 8. The number of anilines is 1. The molecule has 0 bridgehead atoms. The van der Waals surface area contributed by atoms with Crippen LogP contribution >= 0.6 is 69.5 Å². The average molecular weight is 603 g/mol. The molecule has 0 aliphatic heterocycles. The fraction of sp³-hybridized carbons (Fsp3) is 0.143. The van der Waals surface area contributed by atoms with Crippen molar-refractivity contribution in [3.63, 3.8) is 0 Å². The molecule has 0 fully saturated rings. The van der Waals surface area contributed by atoms with Gasteiger partial charge < -0.3 is 5.32 Å². The van der Waals surface area contributed by atoms with E-state index in [-0.39, 0.29) is 28.8 Å². The highest BCUT2D eigenvalue weighted by molar-refractivity contribution is 7.99. The second-order valence-corrected chi connectivity index (χ2v) is 10.9. The van der Waals surface area contributed by atoms with Crippen molar-refractivity contribution in [1.82, 2.24) is 30.3 Å². The summed E-state index contributed by atoms with van der Waals surface area (Å²) >= 11 is 26.9. The molecule has 0 spiro atoms. The summed E-state index contributed by atoms with van der Waals surface area (Å²) in [7, 11) is 0. The highest BCUT2D eigenvalue weighted by atomic mass is 35.5. The van der Waals surface area contributed by atoms with Gasteiger partial charge in [-0.2, -0.15) is 0 Å². The maximum absolute atomic E-state index is 12.7. The zero-order valence-corrected chi connectivity index (χ0v) is 22.9. The highest BCUT2D eigenvalue weighted by Gasteiger charge is 2.19. The summed E-state index contributed by atoms with van der Waals surface area (Å²) < 4.78 is 1.68. The smallest absolute Gasteiger partial charge is 0.253 e. The molecule has 2 aromatic carbocycles. The molecule has 9 nitrogen and oxygen atoms in total. The molecular weight excluding hydrogens is 588 g/mol. The molecule has 0 saturated heterocycles. The standard InChI is InChI=1S/C21H15Cl4N7O2S2/c1-10-28-30-20(36-10)27-18(33)9-35-21-31-29-17(32(21)12-3-5-15(24)16(25)7-12)8-26-19(34)13-6-11(22)2-4-14(13)23/h2-7H,8-9H2,1H3,(H,26,34)(H,27,30,33). The van der Waals surface area contributed by atoms with Gasteiger partial charge in [0.15, 0.2) is 11.0 Å². The van der Waals surface area contributed by atoms with Crippen molar-refractivity contribution in [2.45, 2.75) is 18.6 Å². The summed E-state index contributed by atoms with van der Waals surface area (Å²) in [5, 5.41) is 24.5. The topological polar surface area (TPSA) is 115 Å². The number of aromatic nitrogens is 5. The molecule has 4 aromatic rings. The number of nitrogens with zero attached hydrogens (tertiary/aromatic N) is 5. The Bertz CT molecular complexity index is 1440. The van der Waals surface area contributed by atoms with E-state index in [2.05, 4.69) is 31.0 Å². The molecule has 2 heterocycles. The number of halogens is 4. The quantitative estimate of drug-likeness (QED) is 0.249. The van der Waals surface area contributed by atoms with Crippen molar-refractivity contribution in [2.24, 2.45) is 0 Å². The molecule has 15 heteroatoms. The van der Waals surface area contributed by atoms with Crippen LogP contribution in [0.4, 0.5) is 5.13 Å². The summed E-state index contributed by atoms with van der Waals surface area (Å²) in [6.45, 7) is 1.80. The van der Waals surface area contributed by atoms with Crippen LogP contribution in [0, 0.1) is 6.92 Å². The number of hydrogen-bond donors (Lipinski definition) is 2. The van der Waals surface area contributed by atoms with Gasteiger partial charge in [0.05, 0.1) is 38.6 Å². The van der Waals surface area contributed by atoms with Gasteiger partial charge in [-0.25, -0.2) is 0 Å². The van der Waals surface area contributed by atoms with Gasteiger partial charge in [0, 0.05) is 5.02 Å². The lowest BCUT2D eigenvalue weighted by Gasteiger charge is -2.12. The lowest BCUT2D eigenvalue weighted by molar-refractivity contribution is -0.113. The van der Waals surface area contributed by atoms with E-state index in [0.717, 1.165) is 16.8 Å². The number of benzene rings is 2. The largest absolute Gasteiger partial charge is 0.345 e. The van der Waals surface area contributed by atoms with E-state index in [9.17, 15) is 9.59 Å². The number of thioether (sulfide) groups is 1. The number of nitrogens with one attached hydrogen (secondary N) is 2. The van der Waals surface area contributed by atoms with Gasteiger partial charge in [-0.3, -0.25) is 19.5 Å². The third-order valence-electron chi connectivity index (χ3n) is 4.55. The first-order chi connectivity index (χ1) is 17.2. The summed E-state index contributed by atoms with van der Waals surface area (Å²) in [5.41, 5.74) is 0.824. The lowest BCUT2D eigenvalue weighted by Crippen LogP contribution is -2.25. The van der Waals surface area contributed by atoms with Gasteiger partial charge in [-0.15, -0.1) is 20.4 Å². The first kappa shape index (κ1) is 26.6. The molecule has 2 amide bonds. The molecular formula is C21H15Cl4N7O2S2. The molecule has 0 aliphatic rings. The van der Waals surface area contributed by atoms with E-state index in [0.29, 0.717) is 36.9 Å². The maximum atomic E-state index is 12.7. The van der Waals surface area contributed by atoms with E-state index in [1.165, 1.54) is 17.4 Å². The Balaban J connectivity index is 1.55. The van der Waals surface area contributed by atoms with Crippen LogP contribution < -0.4 is 10.6 Å². The van der Waals surface area contributed by atoms with Crippen molar-refractivity contribution in [3.05, 3.63) is 72.9 Å². The van der Waals surface area contributed by atoms with Crippen LogP contribution in [-0.2, 0) is 11.3 Å². The SMILES string of the molecule is Cc1nnc(NC(=O)CSc2nnc(CNC(=O)c3cc(Cl)ccc3Cl)n2-c2ccc(Cl)c(Cl)c2)s1. The minimum atomic E-state index is -0.438. The first-order valence-electron chi connectivity index (χ1n) is 10.1. The van der Waals surface area contributed by atoms with E-state index < -0.39 is 5.91 Å². The van der Waals surface area contributed by atoms with E-state index in [1.807, 2.05) is 0 Å². The monoisotopic (exact) mass is 601 g/mol. The van der Waals surface area contributed by atoms with Crippen LogP contribution in [0.5, 0.6) is 0 Å². The molecule has 0 atom stereocenters. The molecule has 0 radical (unpaired) electrons. The molecule has 0 aliphatic carbocycles. The predicted octanol–water partition coefficient (Wildman–Crippen LogP) is 5.70. The van der Waals surface area contributed by atoms with E-state index in [4.69, 9.17) is 46.4 Å². The van der Waals surface area contributed by atoms with Gasteiger partial charge >= 0.3 is 0 Å². The number of carbonyl (C=O) groups is 2. The Morgan fingerprint density at radius 2 is 1.75 bits per heavy atom. The predicted molar refractivity (Wildman–Crippen MR) is 143 cm³/mol. The Hall–Kier alpha value is -2.41. The van der Waals surface area contributed by atoms with Gasteiger partial charge in [0.1, 0.15) is 5.01 Å². The number of carbonyl (C=O) groups excluding carboxylic acids is 2. The van der Waals surface area contributed by atoms with Gasteiger partial charge in [-0.05, 0) is 43.3 Å². The van der Waals surface area contributed by atoms with Crippen molar-refractivity contribution in [3.8, 4) is 5.69 Å². The zero-order valence-electron chi connectivity index (χ0n) is 18.3. The van der Waals surface area contributed by atoms with Crippen molar-refractivity contribution in [2.75, 3.05) is 11.1 Å². The summed E-state index contributed by atoms with van der Waals surface area (Å²) in [6.07, 6.45) is 0. The Kier molecular flexibility index (Phi) is 8.70. The first-order valence-corrected chi connectivity index (χ1v) is 13.4. The highest BCUT2D eigenvalue weighted by Crippen LogP contribution is 2.28. The van der Waals surface area contributed by atoms with Gasteiger partial charge in [-0.1, -0.05) is 69.5 Å². The Morgan fingerprint density at radius 3 is 2.47 bits per heavy atom. The third kappa shape index (κ3) is 6.47. The van der Waals surface area contributed by atoms with Crippen LogP contribution in [0.15, 0.2) is 41.6 Å². The summed E-state index contributed by atoms with van der Waals surface area (Å²) in [4.78, 5) is 25.1. The summed E-state index contributed by atoms with van der Waals surface area (Å²) in [5.74, 6) is -0.303. The number of hydrogen-bond acceptors (Lipinski definition) is 8. The van der Waals surface area contributed by atoms with Gasteiger partial charge in [0.2, 0.25) is 11.0 Å². The molecule has 36 heavy (non-hydrogen) atoms. The molecule has 186 valence electrons. The molecule has 2 N–H and O–H groups in total. The second kappa shape index (κ2) is 11.8. The van der Waals surface area contributed by atoms with Crippen molar-refractivity contribution >= 4 is 86.4 Å². The van der Waals surface area contributed by atoms with Crippen LogP contribution in [0.3, 0.4) is 0 Å². The molecule has 0 unspecified atom stereocenters. The van der Waals surface area contributed by atoms with Crippen LogP contribution in [-0.4, -0.2) is 42.5 Å². The number of amides is 2. The summed E-state index contributed by atoms with van der Waals surface area (Å²) in [6, 6.07) is 9.60. The minimum Gasteiger partial charge on any atom is -0.345 e. The zero-order chi connectivity index (χ0) is 25.8. The fourth-order valence-corrected chi connectivity index (χ4v) is 5.00. The van der Waals surface area contributed by atoms with Gasteiger partial charge in [0.25, 0.3) is 5.91 Å². The van der Waals surface area contributed by atoms with Crippen LogP contribution in [0.1, 0.15) is 21.2 Å². The van der Waals surface area contributed by atoms with Crippen LogP contribution in [0.2, 0.25) is 20.1 Å². The second-order valence-electron chi connectivity index (χ2n) is 7.10. The molecule has 4 rings (SSSR count). The van der Waals surface area contributed by atoms with Crippen LogP contribution in [0.25, 0.3) is 5.69 Å². The maximum Gasteiger partial charge on any atom is 0.253 e. The normalized spacial score (nSPS) is 10.9. The lowest BCUT2D eigenvalue weighted by atomic mass is 10.2. The Morgan fingerprint density at radius 1 is 0.972 bits per heavy atom.